The maximum Gasteiger partial charge on any atom is 0.328 e. The average Bonchev–Trinajstić information content (AvgIpc) is 2.63. The third kappa shape index (κ3) is 16.8. The van der Waals surface area contributed by atoms with Gasteiger partial charge in [0.1, 0.15) is 5.76 Å². The number of hydrogen-bond donors (Lipinski definition) is 4. The molecule has 27 heavy (non-hydrogen) atoms. The number of aliphatic carboxylic acids is 1. The van der Waals surface area contributed by atoms with Crippen molar-refractivity contribution in [2.24, 2.45) is 0 Å². The highest BCUT2D eigenvalue weighted by Crippen LogP contribution is 2.11. The van der Waals surface area contributed by atoms with Crippen LogP contribution in [0, 0.1) is 0 Å². The molecule has 0 aromatic heterocycles. The number of aliphatic hydroxyl groups is 3. The van der Waals surface area contributed by atoms with E-state index in [9.17, 15) is 20.1 Å². The van der Waals surface area contributed by atoms with Gasteiger partial charge >= 0.3 is 5.97 Å². The lowest BCUT2D eigenvalue weighted by molar-refractivity contribution is -0.131. The van der Waals surface area contributed by atoms with Gasteiger partial charge < -0.3 is 20.4 Å². The minimum Gasteiger partial charge on any atom is -0.508 e. The van der Waals surface area contributed by atoms with Crippen LogP contribution in [0.15, 0.2) is 72.6 Å². The second kappa shape index (κ2) is 17.1. The van der Waals surface area contributed by atoms with Crippen LogP contribution in [0.5, 0.6) is 0 Å². The summed E-state index contributed by atoms with van der Waals surface area (Å²) >= 11 is 0. The Balaban J connectivity index is 4.03. The minimum atomic E-state index is -1.02. The van der Waals surface area contributed by atoms with Crippen LogP contribution >= 0.6 is 0 Å². The summed E-state index contributed by atoms with van der Waals surface area (Å²) in [6.45, 7) is 2.10. The number of hydrogen-bond acceptors (Lipinski definition) is 4. The lowest BCUT2D eigenvalue weighted by Gasteiger charge is -2.16. The van der Waals surface area contributed by atoms with Crippen LogP contribution < -0.4 is 0 Å². The number of allylic oxidation sites excluding steroid dienone is 10. The quantitative estimate of drug-likeness (QED) is 0.156. The van der Waals surface area contributed by atoms with Gasteiger partial charge in [0.05, 0.1) is 12.2 Å². The first kappa shape index (κ1) is 24.6. The van der Waals surface area contributed by atoms with Gasteiger partial charge in [-0.25, -0.2) is 4.79 Å². The number of unbranched alkanes of at least 4 members (excludes halogenated alkanes) is 2. The highest BCUT2D eigenvalue weighted by molar-refractivity contribution is 5.80. The molecule has 0 aliphatic rings. The van der Waals surface area contributed by atoms with E-state index in [1.165, 1.54) is 30.4 Å². The summed E-state index contributed by atoms with van der Waals surface area (Å²) in [6, 6.07) is 0. The van der Waals surface area contributed by atoms with Crippen LogP contribution in [-0.4, -0.2) is 38.6 Å². The normalized spacial score (nSPS) is 15.7. The molecule has 5 heteroatoms. The maximum atomic E-state index is 10.2. The van der Waals surface area contributed by atoms with Gasteiger partial charge in [0.15, 0.2) is 0 Å². The van der Waals surface area contributed by atoms with Gasteiger partial charge in [0, 0.05) is 6.08 Å². The summed E-state index contributed by atoms with van der Waals surface area (Å²) in [5, 5.41) is 37.7. The molecule has 5 nitrogen and oxygen atoms in total. The van der Waals surface area contributed by atoms with Crippen LogP contribution in [0.25, 0.3) is 0 Å². The molecule has 0 amide bonds. The molecular formula is C22H32O5. The van der Waals surface area contributed by atoms with E-state index >= 15 is 0 Å². The van der Waals surface area contributed by atoms with Crippen LogP contribution in [0.4, 0.5) is 0 Å². The average molecular weight is 376 g/mol. The van der Waals surface area contributed by atoms with E-state index in [-0.39, 0.29) is 5.76 Å². The molecule has 0 aromatic carbocycles. The molecule has 0 fully saturated rings. The summed E-state index contributed by atoms with van der Waals surface area (Å²) in [4.78, 5) is 10.2. The maximum absolute atomic E-state index is 10.2. The predicted octanol–water partition coefficient (Wildman–Crippen LogP) is 4.38. The van der Waals surface area contributed by atoms with Crippen LogP contribution in [0.2, 0.25) is 0 Å². The molecule has 0 spiro atoms. The highest BCUT2D eigenvalue weighted by Gasteiger charge is 2.14. The third-order valence-corrected chi connectivity index (χ3v) is 3.64. The van der Waals surface area contributed by atoms with Gasteiger partial charge in [-0.05, 0) is 31.4 Å². The number of aliphatic hydroxyl groups excluding tert-OH is 3. The summed E-state index contributed by atoms with van der Waals surface area (Å²) in [7, 11) is 0. The van der Waals surface area contributed by atoms with Crippen molar-refractivity contribution < 1.29 is 25.2 Å². The molecule has 0 unspecified atom stereocenters. The zero-order valence-electron chi connectivity index (χ0n) is 15.9. The van der Waals surface area contributed by atoms with Crippen LogP contribution in [0.3, 0.4) is 0 Å². The van der Waals surface area contributed by atoms with E-state index in [1.807, 2.05) is 12.2 Å². The molecule has 0 aliphatic carbocycles. The smallest absolute Gasteiger partial charge is 0.328 e. The molecular weight excluding hydrogens is 344 g/mol. The number of rotatable bonds is 14. The second-order valence-corrected chi connectivity index (χ2v) is 6.05. The van der Waals surface area contributed by atoms with Crippen LogP contribution in [-0.2, 0) is 4.79 Å². The standard InChI is InChI=1S/C22H32O5/c1-2-3-9-16-20(24)21(25)17-12-7-5-4-6-10-14-19(23)15-11-8-13-18-22(26)27/h4-8,10-11,13-15,18,20-21,23-25H,2-3,9,12,16-17H2,1H3,(H,26,27)/b6-4-,7-5+,11-8-,14-10+,18-13?,19-15+/t20-,21+/m0/s1. The molecule has 0 heterocycles. The third-order valence-electron chi connectivity index (χ3n) is 3.64. The van der Waals surface area contributed by atoms with E-state index in [0.717, 1.165) is 25.3 Å². The fraction of sp³-hybridized carbons (Fsp3) is 0.409. The Labute approximate surface area is 162 Å². The van der Waals surface area contributed by atoms with E-state index in [0.29, 0.717) is 19.3 Å². The first-order valence-electron chi connectivity index (χ1n) is 9.30. The van der Waals surface area contributed by atoms with Crippen molar-refractivity contribution in [1.82, 2.24) is 0 Å². The summed E-state index contributed by atoms with van der Waals surface area (Å²) in [5.74, 6) is -0.979. The van der Waals surface area contributed by atoms with Crippen molar-refractivity contribution in [3.8, 4) is 0 Å². The predicted molar refractivity (Wildman–Crippen MR) is 109 cm³/mol. The van der Waals surface area contributed by atoms with Crippen molar-refractivity contribution >= 4 is 5.97 Å². The summed E-state index contributed by atoms with van der Waals surface area (Å²) < 4.78 is 0. The Bertz CT molecular complexity index is 567. The number of carboxylic acids is 1. The Kier molecular flexibility index (Phi) is 15.6. The minimum absolute atomic E-state index is 0.0452. The Morgan fingerprint density at radius 1 is 0.815 bits per heavy atom. The van der Waals surface area contributed by atoms with Gasteiger partial charge in [-0.15, -0.1) is 0 Å². The molecule has 0 radical (unpaired) electrons. The molecule has 0 bridgehead atoms. The Hall–Kier alpha value is -2.37. The molecule has 0 aliphatic heterocycles. The van der Waals surface area contributed by atoms with Crippen molar-refractivity contribution in [1.29, 1.82) is 0 Å². The van der Waals surface area contributed by atoms with Crippen molar-refractivity contribution in [2.45, 2.75) is 57.7 Å². The molecule has 4 N–H and O–H groups in total. The largest absolute Gasteiger partial charge is 0.508 e. The number of carbonyl (C=O) groups is 1. The van der Waals surface area contributed by atoms with E-state index in [4.69, 9.17) is 5.11 Å². The highest BCUT2D eigenvalue weighted by atomic mass is 16.4. The SMILES string of the molecule is CCCCC[C@H](O)[C@H](O)CC/C=C/C=C\C=C\C(O)=C/C=C\C=CC(=O)O. The fourth-order valence-corrected chi connectivity index (χ4v) is 2.12. The lowest BCUT2D eigenvalue weighted by atomic mass is 10.0. The van der Waals surface area contributed by atoms with Crippen molar-refractivity contribution in [3.63, 3.8) is 0 Å². The van der Waals surface area contributed by atoms with Crippen molar-refractivity contribution in [2.75, 3.05) is 0 Å². The summed E-state index contributed by atoms with van der Waals surface area (Å²) in [6.07, 6.45) is 21.0. The molecule has 150 valence electrons. The monoisotopic (exact) mass is 376 g/mol. The Morgan fingerprint density at radius 3 is 2.15 bits per heavy atom. The van der Waals surface area contributed by atoms with E-state index in [1.54, 1.807) is 18.2 Å². The molecule has 0 saturated heterocycles. The van der Waals surface area contributed by atoms with E-state index in [2.05, 4.69) is 6.92 Å². The zero-order chi connectivity index (χ0) is 20.3. The van der Waals surface area contributed by atoms with Crippen LogP contribution in [0.1, 0.15) is 45.4 Å². The molecule has 2 atom stereocenters. The molecule has 0 rings (SSSR count). The zero-order valence-corrected chi connectivity index (χ0v) is 15.9. The molecule has 0 saturated carbocycles. The van der Waals surface area contributed by atoms with Gasteiger partial charge in [-0.3, -0.25) is 0 Å². The van der Waals surface area contributed by atoms with E-state index < -0.39 is 18.2 Å². The van der Waals surface area contributed by atoms with Crippen molar-refractivity contribution in [3.05, 3.63) is 72.6 Å². The van der Waals surface area contributed by atoms with Gasteiger partial charge in [0.2, 0.25) is 0 Å². The first-order valence-corrected chi connectivity index (χ1v) is 9.30. The molecule has 0 aromatic rings. The first-order chi connectivity index (χ1) is 13.0. The Morgan fingerprint density at radius 2 is 1.44 bits per heavy atom. The fourth-order valence-electron chi connectivity index (χ4n) is 2.12. The van der Waals surface area contributed by atoms with Gasteiger partial charge in [-0.2, -0.15) is 0 Å². The lowest BCUT2D eigenvalue weighted by Crippen LogP contribution is -2.25. The number of carboxylic acid groups (broad SMARTS) is 1. The second-order valence-electron chi connectivity index (χ2n) is 6.05. The summed E-state index contributed by atoms with van der Waals surface area (Å²) in [5.41, 5.74) is 0. The topological polar surface area (TPSA) is 98.0 Å². The van der Waals surface area contributed by atoms with Gasteiger partial charge in [0.25, 0.3) is 0 Å². The van der Waals surface area contributed by atoms with Gasteiger partial charge in [-0.1, -0.05) is 74.8 Å².